The van der Waals surface area contributed by atoms with Crippen molar-refractivity contribution in [3.8, 4) is 0 Å². The van der Waals surface area contributed by atoms with E-state index in [-0.39, 0.29) is 31.0 Å². The molecule has 1 spiro atoms. The van der Waals surface area contributed by atoms with Gasteiger partial charge in [-0.2, -0.15) is 0 Å². The largest absolute Gasteiger partial charge is 0.394 e. The summed E-state index contributed by atoms with van der Waals surface area (Å²) in [6.07, 6.45) is 1.70. The summed E-state index contributed by atoms with van der Waals surface area (Å²) in [6, 6.07) is 15.4. The number of carbonyl (C=O) groups is 3. The molecule has 6 rings (SSSR count). The number of hydrogen-bond acceptors (Lipinski definition) is 7. The number of aliphatic hydroxyl groups excluding tert-OH is 1. The minimum atomic E-state index is -1.18. The molecule has 0 radical (unpaired) electrons. The summed E-state index contributed by atoms with van der Waals surface area (Å²) >= 11 is 0. The first-order valence-corrected chi connectivity index (χ1v) is 14.7. The molecule has 11 nitrogen and oxygen atoms in total. The van der Waals surface area contributed by atoms with Gasteiger partial charge in [0.1, 0.15) is 23.8 Å². The molecule has 42 heavy (non-hydrogen) atoms. The van der Waals surface area contributed by atoms with Crippen LogP contribution in [0, 0.1) is 17.8 Å². The summed E-state index contributed by atoms with van der Waals surface area (Å²) in [5.41, 5.74) is 0.343. The molecule has 2 aromatic carbocycles. The predicted molar refractivity (Wildman–Crippen MR) is 153 cm³/mol. The first-order valence-electron chi connectivity index (χ1n) is 14.7. The molecule has 2 bridgehead atoms. The summed E-state index contributed by atoms with van der Waals surface area (Å²) in [6.45, 7) is 5.89. The number of hydrogen-bond donors (Lipinski definition) is 3. The van der Waals surface area contributed by atoms with Crippen LogP contribution in [0.5, 0.6) is 0 Å². The van der Waals surface area contributed by atoms with Crippen molar-refractivity contribution in [3.05, 3.63) is 60.2 Å². The second kappa shape index (κ2) is 10.8. The third kappa shape index (κ3) is 4.37. The maximum Gasteiger partial charge on any atom is 0.247 e. The number of nitrogens with zero attached hydrogens (tertiary/aromatic N) is 4. The van der Waals surface area contributed by atoms with E-state index in [0.717, 1.165) is 11.1 Å². The molecule has 3 aliphatic rings. The molecule has 3 fully saturated rings. The fourth-order valence-corrected chi connectivity index (χ4v) is 7.41. The third-order valence-electron chi connectivity index (χ3n) is 9.72. The van der Waals surface area contributed by atoms with Crippen LogP contribution in [0.15, 0.2) is 54.6 Å². The maximum absolute atomic E-state index is 14.4. The van der Waals surface area contributed by atoms with E-state index in [1.807, 2.05) is 75.4 Å². The molecule has 11 heteroatoms. The average Bonchev–Trinajstić information content (AvgIpc) is 3.71. The molecule has 3 aliphatic heterocycles. The molecule has 1 aromatic heterocycles. The van der Waals surface area contributed by atoms with Crippen molar-refractivity contribution < 1.29 is 24.2 Å². The number of benzene rings is 2. The van der Waals surface area contributed by atoms with Gasteiger partial charge in [-0.05, 0) is 43.4 Å². The number of para-hydroxylation sites is 1. The van der Waals surface area contributed by atoms with Crippen molar-refractivity contribution in [1.29, 1.82) is 0 Å². The number of nitrogens with one attached hydrogen (secondary N) is 2. The van der Waals surface area contributed by atoms with Gasteiger partial charge in [0.15, 0.2) is 0 Å². The Kier molecular flexibility index (Phi) is 7.26. The Morgan fingerprint density at radius 3 is 2.57 bits per heavy atom. The highest BCUT2D eigenvalue weighted by atomic mass is 16.5. The Labute approximate surface area is 244 Å². The smallest absolute Gasteiger partial charge is 0.247 e. The fourth-order valence-electron chi connectivity index (χ4n) is 7.41. The molecule has 3 saturated heterocycles. The molecule has 0 aliphatic carbocycles. The highest BCUT2D eigenvalue weighted by Crippen LogP contribution is 2.63. The summed E-state index contributed by atoms with van der Waals surface area (Å²) < 4.78 is 8.30. The lowest BCUT2D eigenvalue weighted by Gasteiger charge is -2.39. The van der Waals surface area contributed by atoms with Crippen LogP contribution >= 0.6 is 0 Å². The first-order chi connectivity index (χ1) is 20.2. The minimum Gasteiger partial charge on any atom is -0.394 e. The Hall–Kier alpha value is -3.83. The zero-order valence-electron chi connectivity index (χ0n) is 24.2. The van der Waals surface area contributed by atoms with E-state index in [1.54, 1.807) is 4.68 Å². The zero-order valence-corrected chi connectivity index (χ0v) is 24.2. The lowest BCUT2D eigenvalue weighted by atomic mass is 9.66. The van der Waals surface area contributed by atoms with Gasteiger partial charge in [0.2, 0.25) is 17.7 Å². The molecule has 222 valence electrons. The predicted octanol–water partition coefficient (Wildman–Crippen LogP) is 1.99. The van der Waals surface area contributed by atoms with Gasteiger partial charge in [-0.25, -0.2) is 4.68 Å². The van der Waals surface area contributed by atoms with Crippen molar-refractivity contribution in [2.24, 2.45) is 17.8 Å². The molecule has 3 aromatic rings. The van der Waals surface area contributed by atoms with Gasteiger partial charge < -0.3 is 25.4 Å². The quantitative estimate of drug-likeness (QED) is 0.337. The van der Waals surface area contributed by atoms with E-state index < -0.39 is 41.0 Å². The lowest BCUT2D eigenvalue weighted by molar-refractivity contribution is -0.151. The Bertz CT molecular complexity index is 1500. The van der Waals surface area contributed by atoms with Crippen molar-refractivity contribution >= 4 is 28.8 Å². The number of rotatable bonds is 10. The van der Waals surface area contributed by atoms with Gasteiger partial charge in [-0.1, -0.05) is 67.9 Å². The topological polar surface area (TPSA) is 139 Å². The Balaban J connectivity index is 1.32. The number of likely N-dealkylation sites (tertiary alicyclic amines) is 1. The van der Waals surface area contributed by atoms with Crippen LogP contribution in [-0.2, 0) is 32.3 Å². The Morgan fingerprint density at radius 2 is 1.83 bits per heavy atom. The van der Waals surface area contributed by atoms with E-state index in [9.17, 15) is 19.5 Å². The number of fused-ring (bicyclic) bond motifs is 2. The monoisotopic (exact) mass is 574 g/mol. The van der Waals surface area contributed by atoms with Gasteiger partial charge in [-0.15, -0.1) is 5.10 Å². The summed E-state index contributed by atoms with van der Waals surface area (Å²) in [5.74, 6) is -2.67. The van der Waals surface area contributed by atoms with Crippen LogP contribution in [0.4, 0.5) is 0 Å². The van der Waals surface area contributed by atoms with Gasteiger partial charge in [0.05, 0.1) is 35.6 Å². The van der Waals surface area contributed by atoms with Gasteiger partial charge >= 0.3 is 0 Å². The van der Waals surface area contributed by atoms with Crippen molar-refractivity contribution in [2.45, 2.75) is 76.5 Å². The van der Waals surface area contributed by atoms with Crippen molar-refractivity contribution in [3.63, 3.8) is 0 Å². The van der Waals surface area contributed by atoms with E-state index >= 15 is 0 Å². The number of aliphatic hydroxyl groups is 1. The molecular weight excluding hydrogens is 536 g/mol. The van der Waals surface area contributed by atoms with Crippen LogP contribution in [0.2, 0.25) is 0 Å². The normalized spacial score (nSPS) is 29.5. The molecule has 4 heterocycles. The van der Waals surface area contributed by atoms with Crippen LogP contribution in [0.25, 0.3) is 11.0 Å². The highest BCUT2D eigenvalue weighted by Gasteiger charge is 2.78. The van der Waals surface area contributed by atoms with Gasteiger partial charge in [0.25, 0.3) is 0 Å². The van der Waals surface area contributed by atoms with Crippen LogP contribution < -0.4 is 10.6 Å². The highest BCUT2D eigenvalue weighted by molar-refractivity contribution is 5.99. The zero-order chi connectivity index (χ0) is 29.6. The molecule has 3 N–H and O–H groups in total. The first kappa shape index (κ1) is 28.3. The molecular formula is C31H38N6O5. The average molecular weight is 575 g/mol. The summed E-state index contributed by atoms with van der Waals surface area (Å²) in [7, 11) is 0. The minimum absolute atomic E-state index is 0.0456. The second-order valence-electron chi connectivity index (χ2n) is 12.1. The van der Waals surface area contributed by atoms with E-state index in [1.165, 1.54) is 4.90 Å². The summed E-state index contributed by atoms with van der Waals surface area (Å²) in [4.78, 5) is 43.9. The van der Waals surface area contributed by atoms with E-state index in [2.05, 4.69) is 20.9 Å². The van der Waals surface area contributed by atoms with E-state index in [4.69, 9.17) is 4.74 Å². The second-order valence-corrected chi connectivity index (χ2v) is 12.1. The third-order valence-corrected chi connectivity index (χ3v) is 9.72. The lowest BCUT2D eigenvalue weighted by Crippen LogP contribution is -2.59. The molecule has 7 atom stereocenters. The Morgan fingerprint density at radius 1 is 1.10 bits per heavy atom. The number of amides is 3. The van der Waals surface area contributed by atoms with Gasteiger partial charge in [-0.3, -0.25) is 14.4 Å². The molecule has 0 saturated carbocycles. The van der Waals surface area contributed by atoms with Crippen LogP contribution in [0.3, 0.4) is 0 Å². The molecule has 3 amide bonds. The SMILES string of the molecule is CC[C@H](C)[C@H](CO)N1C(=O)[C@@H]2[C@@H](C(=O)NCc3ccccc3)[C@@]3(C)CCC2(O3)C1C(=O)NCn1nnc2ccccc21. The fraction of sp³-hybridized carbons (Fsp3) is 0.516. The van der Waals surface area contributed by atoms with Crippen molar-refractivity contribution in [2.75, 3.05) is 6.61 Å². The van der Waals surface area contributed by atoms with Crippen LogP contribution in [-0.4, -0.2) is 72.6 Å². The number of ether oxygens (including phenoxy) is 1. The van der Waals surface area contributed by atoms with Crippen molar-refractivity contribution in [1.82, 2.24) is 30.5 Å². The molecule has 2 unspecified atom stereocenters. The summed E-state index contributed by atoms with van der Waals surface area (Å²) in [5, 5.41) is 24.8. The van der Waals surface area contributed by atoms with Gasteiger partial charge in [0, 0.05) is 6.54 Å². The van der Waals surface area contributed by atoms with E-state index in [0.29, 0.717) is 31.3 Å². The number of carbonyl (C=O) groups excluding carboxylic acids is 3. The maximum atomic E-state index is 14.4. The number of aromatic nitrogens is 3. The standard InChI is InChI=1S/C31H38N6O5/c1-4-19(2)23(17-38)37-26(28(40)33-18-36-22-13-9-8-12-21(22)34-35-36)31-15-14-30(3,42-31)24(25(31)29(37)41)27(39)32-16-20-10-6-5-7-11-20/h5-13,19,23-26,38H,4,14-18H2,1-3H3,(H,32,39)(H,33,40)/t19-,23-,24-,25-,26?,30+,31?/m0/s1. The van der Waals surface area contributed by atoms with Crippen LogP contribution in [0.1, 0.15) is 45.6 Å².